The third kappa shape index (κ3) is 5.32. The number of nitrogens with one attached hydrogen (secondary N) is 2. The maximum absolute atomic E-state index is 12.5. The van der Waals surface area contributed by atoms with Gasteiger partial charge in [0.1, 0.15) is 17.3 Å². The van der Waals surface area contributed by atoms with Crippen LogP contribution in [0, 0.1) is 0 Å². The van der Waals surface area contributed by atoms with E-state index >= 15 is 0 Å². The van der Waals surface area contributed by atoms with E-state index in [1.807, 2.05) is 6.07 Å². The van der Waals surface area contributed by atoms with Crippen molar-refractivity contribution >= 4 is 23.3 Å². The minimum atomic E-state index is -0.616. The van der Waals surface area contributed by atoms with Crippen molar-refractivity contribution in [1.82, 2.24) is 0 Å². The smallest absolute Gasteiger partial charge is 0.340 e. The van der Waals surface area contributed by atoms with Crippen LogP contribution in [-0.2, 0) is 16.1 Å². The second kappa shape index (κ2) is 10.0. The number of para-hydroxylation sites is 1. The quantitative estimate of drug-likeness (QED) is 0.519. The number of anilines is 2. The molecule has 0 saturated heterocycles. The van der Waals surface area contributed by atoms with Crippen molar-refractivity contribution in [3.63, 3.8) is 0 Å². The van der Waals surface area contributed by atoms with Gasteiger partial charge < -0.3 is 29.3 Å². The lowest BCUT2D eigenvalue weighted by atomic mass is 10.2. The van der Waals surface area contributed by atoms with Crippen molar-refractivity contribution in [1.29, 1.82) is 0 Å². The van der Waals surface area contributed by atoms with Gasteiger partial charge in [-0.15, -0.1) is 0 Å². The van der Waals surface area contributed by atoms with Crippen LogP contribution in [0.3, 0.4) is 0 Å². The van der Waals surface area contributed by atoms with Crippen LogP contribution in [0.1, 0.15) is 16.1 Å². The Kier molecular flexibility index (Phi) is 6.94. The molecule has 8 nitrogen and oxygen atoms in total. The minimum absolute atomic E-state index is 0.318. The summed E-state index contributed by atoms with van der Waals surface area (Å²) in [6, 6.07) is 15.5. The summed E-state index contributed by atoms with van der Waals surface area (Å²) in [4.78, 5) is 24.7. The first-order valence-corrected chi connectivity index (χ1v) is 9.15. The summed E-state index contributed by atoms with van der Waals surface area (Å²) >= 11 is 0. The van der Waals surface area contributed by atoms with Gasteiger partial charge in [0.15, 0.2) is 6.61 Å². The van der Waals surface area contributed by atoms with E-state index in [-0.39, 0.29) is 0 Å². The molecule has 2 N–H and O–H groups in total. The number of esters is 1. The molecule has 0 unspecified atom stereocenters. The van der Waals surface area contributed by atoms with Gasteiger partial charge in [0.2, 0.25) is 0 Å². The first-order valence-electron chi connectivity index (χ1n) is 9.15. The average molecular weight is 410 g/mol. The second-order valence-electron chi connectivity index (χ2n) is 6.17. The Balaban J connectivity index is 1.58. The molecule has 0 fully saturated rings. The molecule has 8 heteroatoms. The Morgan fingerprint density at radius 3 is 2.53 bits per heavy atom. The maximum atomic E-state index is 12.5. The van der Waals surface area contributed by atoms with Crippen molar-refractivity contribution in [3.8, 4) is 11.5 Å². The summed E-state index contributed by atoms with van der Waals surface area (Å²) < 4.78 is 20.8. The summed E-state index contributed by atoms with van der Waals surface area (Å²) in [6.07, 6.45) is 1.58. The van der Waals surface area contributed by atoms with Crippen LogP contribution in [0.4, 0.5) is 11.4 Å². The van der Waals surface area contributed by atoms with Crippen LogP contribution in [0.2, 0.25) is 0 Å². The highest BCUT2D eigenvalue weighted by atomic mass is 16.5. The Labute approximate surface area is 173 Å². The van der Waals surface area contributed by atoms with Gasteiger partial charge in [0.05, 0.1) is 38.3 Å². The van der Waals surface area contributed by atoms with Crippen molar-refractivity contribution in [2.45, 2.75) is 6.54 Å². The normalized spacial score (nSPS) is 10.2. The number of ether oxygens (including phenoxy) is 3. The standard InChI is InChI=1S/C22H22N2O6/c1-27-15-9-10-19(20(12-15)28-2)24-21(25)14-30-22(26)17-7-3-4-8-18(17)23-13-16-6-5-11-29-16/h3-12,23H,13-14H2,1-2H3,(H,24,25). The molecule has 1 amide bonds. The molecule has 1 aromatic heterocycles. The fourth-order valence-electron chi connectivity index (χ4n) is 2.71. The van der Waals surface area contributed by atoms with E-state index in [9.17, 15) is 9.59 Å². The molecule has 0 atom stereocenters. The van der Waals surface area contributed by atoms with Crippen molar-refractivity contribution in [2.75, 3.05) is 31.5 Å². The highest BCUT2D eigenvalue weighted by Crippen LogP contribution is 2.29. The number of furan rings is 1. The van der Waals surface area contributed by atoms with Gasteiger partial charge >= 0.3 is 5.97 Å². The molecule has 156 valence electrons. The number of rotatable bonds is 9. The van der Waals surface area contributed by atoms with Crippen LogP contribution in [0.25, 0.3) is 0 Å². The molecule has 3 rings (SSSR count). The average Bonchev–Trinajstić information content (AvgIpc) is 3.30. The molecular formula is C22H22N2O6. The van der Waals surface area contributed by atoms with Crippen molar-refractivity contribution < 1.29 is 28.2 Å². The maximum Gasteiger partial charge on any atom is 0.340 e. The van der Waals surface area contributed by atoms with Gasteiger partial charge in [0, 0.05) is 11.8 Å². The fraction of sp³-hybridized carbons (Fsp3) is 0.182. The van der Waals surface area contributed by atoms with E-state index in [0.717, 1.165) is 5.76 Å². The zero-order valence-corrected chi connectivity index (χ0v) is 16.6. The van der Waals surface area contributed by atoms with E-state index in [4.69, 9.17) is 18.6 Å². The topological polar surface area (TPSA) is 99.0 Å². The van der Waals surface area contributed by atoms with Crippen molar-refractivity contribution in [2.24, 2.45) is 0 Å². The number of amides is 1. The number of carbonyl (C=O) groups is 2. The van der Waals surface area contributed by atoms with Crippen LogP contribution < -0.4 is 20.1 Å². The molecule has 0 radical (unpaired) electrons. The lowest BCUT2D eigenvalue weighted by Crippen LogP contribution is -2.21. The third-order valence-electron chi connectivity index (χ3n) is 4.20. The Morgan fingerprint density at radius 1 is 0.967 bits per heavy atom. The minimum Gasteiger partial charge on any atom is -0.497 e. The largest absolute Gasteiger partial charge is 0.497 e. The van der Waals surface area contributed by atoms with E-state index in [2.05, 4.69) is 10.6 Å². The summed E-state index contributed by atoms with van der Waals surface area (Å²) in [6.45, 7) is -0.0322. The van der Waals surface area contributed by atoms with E-state index < -0.39 is 18.5 Å². The SMILES string of the molecule is COc1ccc(NC(=O)COC(=O)c2ccccc2NCc2ccco2)c(OC)c1. The van der Waals surface area contributed by atoms with Crippen LogP contribution in [-0.4, -0.2) is 32.7 Å². The second-order valence-corrected chi connectivity index (χ2v) is 6.17. The molecular weight excluding hydrogens is 388 g/mol. The van der Waals surface area contributed by atoms with Crippen LogP contribution >= 0.6 is 0 Å². The number of benzene rings is 2. The summed E-state index contributed by atoms with van der Waals surface area (Å²) in [7, 11) is 3.02. The summed E-state index contributed by atoms with van der Waals surface area (Å²) in [5.74, 6) is 0.643. The Bertz CT molecular complexity index is 1000. The monoisotopic (exact) mass is 410 g/mol. The molecule has 1 heterocycles. The number of carbonyl (C=O) groups excluding carboxylic acids is 2. The highest BCUT2D eigenvalue weighted by Gasteiger charge is 2.15. The molecule has 30 heavy (non-hydrogen) atoms. The summed E-state index contributed by atoms with van der Waals surface area (Å²) in [5.41, 5.74) is 1.34. The Morgan fingerprint density at radius 2 is 1.80 bits per heavy atom. The predicted molar refractivity (Wildman–Crippen MR) is 111 cm³/mol. The molecule has 3 aromatic rings. The molecule has 0 saturated carbocycles. The van der Waals surface area contributed by atoms with Gasteiger partial charge in [-0.1, -0.05) is 12.1 Å². The molecule has 0 aliphatic carbocycles. The van der Waals surface area contributed by atoms with Crippen molar-refractivity contribution in [3.05, 3.63) is 72.2 Å². The van der Waals surface area contributed by atoms with E-state index in [0.29, 0.717) is 35.0 Å². The van der Waals surface area contributed by atoms with E-state index in [1.54, 1.807) is 54.8 Å². The zero-order valence-electron chi connectivity index (χ0n) is 16.6. The highest BCUT2D eigenvalue weighted by molar-refractivity contribution is 5.99. The first kappa shape index (κ1) is 20.8. The lowest BCUT2D eigenvalue weighted by molar-refractivity contribution is -0.119. The molecule has 0 bridgehead atoms. The van der Waals surface area contributed by atoms with Gasteiger partial charge in [0.25, 0.3) is 5.91 Å². The first-order chi connectivity index (χ1) is 14.6. The number of hydrogen-bond acceptors (Lipinski definition) is 7. The third-order valence-corrected chi connectivity index (χ3v) is 4.20. The lowest BCUT2D eigenvalue weighted by Gasteiger charge is -2.13. The number of methoxy groups -OCH3 is 2. The molecule has 0 spiro atoms. The van der Waals surface area contributed by atoms with Crippen LogP contribution in [0.15, 0.2) is 65.3 Å². The van der Waals surface area contributed by atoms with Gasteiger partial charge in [-0.05, 0) is 36.4 Å². The molecule has 0 aliphatic heterocycles. The van der Waals surface area contributed by atoms with Gasteiger partial charge in [-0.2, -0.15) is 0 Å². The summed E-state index contributed by atoms with van der Waals surface area (Å²) in [5, 5.41) is 5.78. The number of hydrogen-bond donors (Lipinski definition) is 2. The van der Waals surface area contributed by atoms with Gasteiger partial charge in [-0.3, -0.25) is 4.79 Å². The van der Waals surface area contributed by atoms with E-state index in [1.165, 1.54) is 14.2 Å². The zero-order chi connectivity index (χ0) is 21.3. The molecule has 0 aliphatic rings. The Hall–Kier alpha value is -3.94. The van der Waals surface area contributed by atoms with Crippen LogP contribution in [0.5, 0.6) is 11.5 Å². The predicted octanol–water partition coefficient (Wildman–Crippen LogP) is 3.70. The van der Waals surface area contributed by atoms with Gasteiger partial charge in [-0.25, -0.2) is 4.79 Å². The molecule has 2 aromatic carbocycles. The fourth-order valence-corrected chi connectivity index (χ4v) is 2.71.